The van der Waals surface area contributed by atoms with E-state index in [1.54, 1.807) is 0 Å². The van der Waals surface area contributed by atoms with Gasteiger partial charge in [-0.2, -0.15) is 0 Å². The molecule has 86 valence electrons. The fourth-order valence-electron chi connectivity index (χ4n) is 3.14. The zero-order chi connectivity index (χ0) is 11.2. The van der Waals surface area contributed by atoms with Crippen LogP contribution < -0.4 is 5.73 Å². The first-order valence-corrected chi connectivity index (χ1v) is 6.23. The number of hydrogen-bond donors (Lipinski definition) is 1. The highest BCUT2D eigenvalue weighted by atomic mass is 16.6. The van der Waals surface area contributed by atoms with Crippen molar-refractivity contribution in [3.63, 3.8) is 0 Å². The van der Waals surface area contributed by atoms with Gasteiger partial charge in [0.2, 0.25) is 0 Å². The summed E-state index contributed by atoms with van der Waals surface area (Å²) in [6.45, 7) is 2.92. The molecule has 0 spiro atoms. The van der Waals surface area contributed by atoms with Gasteiger partial charge in [-0.25, -0.2) is 0 Å². The van der Waals surface area contributed by atoms with E-state index in [0.717, 1.165) is 0 Å². The van der Waals surface area contributed by atoms with Crippen molar-refractivity contribution >= 4 is 0 Å². The Morgan fingerprint density at radius 2 is 2.19 bits per heavy atom. The molecule has 1 aliphatic carbocycles. The number of epoxide rings is 1. The van der Waals surface area contributed by atoms with Crippen LogP contribution in [-0.2, 0) is 11.3 Å². The first kappa shape index (κ1) is 10.3. The zero-order valence-electron chi connectivity index (χ0n) is 9.78. The fraction of sp³-hybridized carbons (Fsp3) is 0.571. The lowest BCUT2D eigenvalue weighted by Crippen LogP contribution is -2.19. The molecule has 2 fully saturated rings. The second kappa shape index (κ2) is 3.57. The van der Waals surface area contributed by atoms with Gasteiger partial charge < -0.3 is 10.5 Å². The summed E-state index contributed by atoms with van der Waals surface area (Å²) < 4.78 is 5.89. The Bertz CT molecular complexity index is 386. The Morgan fingerprint density at radius 1 is 1.44 bits per heavy atom. The Morgan fingerprint density at radius 3 is 2.69 bits per heavy atom. The Hall–Kier alpha value is -0.860. The number of ether oxygens (including phenoxy) is 1. The van der Waals surface area contributed by atoms with E-state index in [1.165, 1.54) is 30.4 Å². The molecule has 1 heterocycles. The van der Waals surface area contributed by atoms with Gasteiger partial charge in [-0.3, -0.25) is 0 Å². The molecule has 2 unspecified atom stereocenters. The van der Waals surface area contributed by atoms with Crippen LogP contribution in [0.5, 0.6) is 0 Å². The number of rotatable bonds is 3. The molecule has 3 atom stereocenters. The molecule has 0 bridgehead atoms. The van der Waals surface area contributed by atoms with E-state index in [4.69, 9.17) is 10.5 Å². The van der Waals surface area contributed by atoms with Gasteiger partial charge in [0.15, 0.2) is 0 Å². The molecular weight excluding hydrogens is 198 g/mol. The predicted molar refractivity (Wildman–Crippen MR) is 64.2 cm³/mol. The van der Waals surface area contributed by atoms with Gasteiger partial charge in [-0.1, -0.05) is 31.2 Å². The standard InChI is InChI=1S/C14H19NO/c1-10(14-8-2-3-13(14)16-14)12-6-4-11(9-15)5-7-12/h4-7,10,13H,2-3,8-9,15H2,1H3/t10-,13?,14?/m1/s1. The van der Waals surface area contributed by atoms with Gasteiger partial charge in [0.05, 0.1) is 6.10 Å². The molecule has 1 aliphatic heterocycles. The molecule has 1 aromatic carbocycles. The summed E-state index contributed by atoms with van der Waals surface area (Å²) >= 11 is 0. The second-order valence-electron chi connectivity index (χ2n) is 5.12. The van der Waals surface area contributed by atoms with E-state index in [0.29, 0.717) is 18.6 Å². The van der Waals surface area contributed by atoms with Gasteiger partial charge in [0.25, 0.3) is 0 Å². The van der Waals surface area contributed by atoms with Crippen LogP contribution in [0.15, 0.2) is 24.3 Å². The molecule has 1 aromatic rings. The van der Waals surface area contributed by atoms with Crippen molar-refractivity contribution in [2.45, 2.75) is 50.4 Å². The molecule has 2 nitrogen and oxygen atoms in total. The minimum absolute atomic E-state index is 0.185. The van der Waals surface area contributed by atoms with E-state index in [9.17, 15) is 0 Å². The summed E-state index contributed by atoms with van der Waals surface area (Å²) in [5, 5.41) is 0. The summed E-state index contributed by atoms with van der Waals surface area (Å²) in [6, 6.07) is 8.68. The maximum absolute atomic E-state index is 5.89. The monoisotopic (exact) mass is 217 g/mol. The van der Waals surface area contributed by atoms with Crippen molar-refractivity contribution in [1.29, 1.82) is 0 Å². The van der Waals surface area contributed by atoms with Crippen molar-refractivity contribution in [2.75, 3.05) is 0 Å². The average molecular weight is 217 g/mol. The summed E-state index contributed by atoms with van der Waals surface area (Å²) in [6.07, 6.45) is 4.36. The number of benzene rings is 1. The van der Waals surface area contributed by atoms with Crippen LogP contribution in [0.3, 0.4) is 0 Å². The van der Waals surface area contributed by atoms with Crippen LogP contribution >= 0.6 is 0 Å². The maximum atomic E-state index is 5.89. The third-order valence-electron chi connectivity index (χ3n) is 4.33. The summed E-state index contributed by atoms with van der Waals surface area (Å²) in [5.74, 6) is 0.520. The van der Waals surface area contributed by atoms with Gasteiger partial charge in [-0.05, 0) is 30.4 Å². The lowest BCUT2D eigenvalue weighted by molar-refractivity contribution is 0.228. The third-order valence-corrected chi connectivity index (χ3v) is 4.33. The van der Waals surface area contributed by atoms with Crippen molar-refractivity contribution in [3.8, 4) is 0 Å². The van der Waals surface area contributed by atoms with Crippen LogP contribution in [0.25, 0.3) is 0 Å². The highest BCUT2D eigenvalue weighted by molar-refractivity contribution is 5.30. The predicted octanol–water partition coefficient (Wildman–Crippen LogP) is 2.57. The van der Waals surface area contributed by atoms with Gasteiger partial charge in [-0.15, -0.1) is 0 Å². The largest absolute Gasteiger partial charge is 0.365 e. The van der Waals surface area contributed by atoms with E-state index in [2.05, 4.69) is 31.2 Å². The zero-order valence-corrected chi connectivity index (χ0v) is 9.78. The van der Waals surface area contributed by atoms with E-state index in [1.807, 2.05) is 0 Å². The van der Waals surface area contributed by atoms with Crippen molar-refractivity contribution < 1.29 is 4.74 Å². The molecule has 3 rings (SSSR count). The van der Waals surface area contributed by atoms with E-state index in [-0.39, 0.29) is 5.60 Å². The maximum Gasteiger partial charge on any atom is 0.101 e. The molecular formula is C14H19NO. The van der Waals surface area contributed by atoms with Crippen LogP contribution in [0.2, 0.25) is 0 Å². The number of nitrogens with two attached hydrogens (primary N) is 1. The van der Waals surface area contributed by atoms with Crippen molar-refractivity contribution in [3.05, 3.63) is 35.4 Å². The quantitative estimate of drug-likeness (QED) is 0.790. The highest BCUT2D eigenvalue weighted by Gasteiger charge is 2.62. The molecule has 2 heteroatoms. The summed E-state index contributed by atoms with van der Waals surface area (Å²) in [7, 11) is 0. The molecule has 2 aliphatic rings. The summed E-state index contributed by atoms with van der Waals surface area (Å²) in [4.78, 5) is 0. The van der Waals surface area contributed by atoms with Crippen LogP contribution in [0.4, 0.5) is 0 Å². The van der Waals surface area contributed by atoms with Crippen molar-refractivity contribution in [2.24, 2.45) is 5.73 Å². The van der Waals surface area contributed by atoms with Crippen LogP contribution in [0, 0.1) is 0 Å². The summed E-state index contributed by atoms with van der Waals surface area (Å²) in [5.41, 5.74) is 8.38. The van der Waals surface area contributed by atoms with E-state index < -0.39 is 0 Å². The van der Waals surface area contributed by atoms with Crippen molar-refractivity contribution in [1.82, 2.24) is 0 Å². The second-order valence-corrected chi connectivity index (χ2v) is 5.12. The molecule has 0 amide bonds. The first-order chi connectivity index (χ1) is 7.76. The van der Waals surface area contributed by atoms with Crippen LogP contribution in [-0.4, -0.2) is 11.7 Å². The molecule has 0 radical (unpaired) electrons. The Balaban J connectivity index is 1.81. The molecule has 1 saturated heterocycles. The fourth-order valence-corrected chi connectivity index (χ4v) is 3.14. The minimum Gasteiger partial charge on any atom is -0.365 e. The first-order valence-electron chi connectivity index (χ1n) is 6.23. The lowest BCUT2D eigenvalue weighted by atomic mass is 9.85. The van der Waals surface area contributed by atoms with Gasteiger partial charge in [0, 0.05) is 12.5 Å². The van der Waals surface area contributed by atoms with Gasteiger partial charge in [0.1, 0.15) is 5.60 Å². The highest BCUT2D eigenvalue weighted by Crippen LogP contribution is 2.57. The molecule has 2 N–H and O–H groups in total. The SMILES string of the molecule is C[C@H](c1ccc(CN)cc1)C12CCCC1O2. The van der Waals surface area contributed by atoms with Gasteiger partial charge >= 0.3 is 0 Å². The minimum atomic E-state index is 0.185. The number of hydrogen-bond acceptors (Lipinski definition) is 2. The van der Waals surface area contributed by atoms with E-state index >= 15 is 0 Å². The lowest BCUT2D eigenvalue weighted by Gasteiger charge is -2.19. The molecule has 1 saturated carbocycles. The Kier molecular flexibility index (Phi) is 2.30. The third kappa shape index (κ3) is 1.40. The topological polar surface area (TPSA) is 38.5 Å². The average Bonchev–Trinajstić information content (AvgIpc) is 2.91. The number of fused-ring (bicyclic) bond motifs is 1. The molecule has 16 heavy (non-hydrogen) atoms. The van der Waals surface area contributed by atoms with Crippen LogP contribution in [0.1, 0.15) is 43.2 Å². The smallest absolute Gasteiger partial charge is 0.101 e. The Labute approximate surface area is 96.8 Å². The normalized spacial score (nSPS) is 33.5. The molecule has 0 aromatic heterocycles.